The van der Waals surface area contributed by atoms with Gasteiger partial charge in [0.1, 0.15) is 5.75 Å². The smallest absolute Gasteiger partial charge is 0.123 e. The minimum absolute atomic E-state index is 0.339. The molecule has 0 unspecified atom stereocenters. The van der Waals surface area contributed by atoms with Crippen LogP contribution in [0, 0.1) is 0 Å². The van der Waals surface area contributed by atoms with Crippen LogP contribution in [-0.2, 0) is 0 Å². The van der Waals surface area contributed by atoms with Gasteiger partial charge in [-0.05, 0) is 25.1 Å². The van der Waals surface area contributed by atoms with Crippen molar-refractivity contribution in [3.63, 3.8) is 0 Å². The minimum Gasteiger partial charge on any atom is -0.496 e. The van der Waals surface area contributed by atoms with Gasteiger partial charge in [0.25, 0.3) is 0 Å². The summed E-state index contributed by atoms with van der Waals surface area (Å²) in [6.45, 7) is 6.44. The Hall–Kier alpha value is -0.770. The first kappa shape index (κ1) is 12.7. The van der Waals surface area contributed by atoms with Crippen molar-refractivity contribution in [2.75, 3.05) is 33.3 Å². The first-order chi connectivity index (χ1) is 8.22. The Kier molecular flexibility index (Phi) is 4.26. The molecule has 0 radical (unpaired) electrons. The molecule has 1 aromatic carbocycles. The molecule has 1 N–H and O–H groups in total. The van der Waals surface area contributed by atoms with E-state index in [1.807, 2.05) is 18.2 Å². The second kappa shape index (κ2) is 5.71. The summed E-state index contributed by atoms with van der Waals surface area (Å²) >= 11 is 6.07. The molecule has 1 aromatic rings. The molecular weight excluding hydrogens is 236 g/mol. The summed E-state index contributed by atoms with van der Waals surface area (Å²) in [5, 5.41) is 4.13. The van der Waals surface area contributed by atoms with Crippen LogP contribution >= 0.6 is 11.6 Å². The van der Waals surface area contributed by atoms with E-state index in [1.165, 1.54) is 5.56 Å². The van der Waals surface area contributed by atoms with E-state index < -0.39 is 0 Å². The number of methoxy groups -OCH3 is 1. The number of halogens is 1. The molecule has 3 nitrogen and oxygen atoms in total. The normalized spacial score (nSPS) is 19.0. The highest BCUT2D eigenvalue weighted by atomic mass is 35.5. The maximum absolute atomic E-state index is 6.07. The van der Waals surface area contributed by atoms with E-state index in [9.17, 15) is 0 Å². The van der Waals surface area contributed by atoms with E-state index in [0.717, 1.165) is 37.0 Å². The molecular formula is C13H19ClN2O. The molecule has 0 aromatic heterocycles. The minimum atomic E-state index is 0.339. The fraction of sp³-hybridized carbons (Fsp3) is 0.538. The van der Waals surface area contributed by atoms with E-state index in [2.05, 4.69) is 17.1 Å². The Labute approximate surface area is 108 Å². The van der Waals surface area contributed by atoms with Crippen LogP contribution < -0.4 is 10.1 Å². The second-order valence-electron chi connectivity index (χ2n) is 4.35. The maximum atomic E-state index is 6.07. The Bertz CT molecular complexity index is 378. The monoisotopic (exact) mass is 254 g/mol. The maximum Gasteiger partial charge on any atom is 0.123 e. The van der Waals surface area contributed by atoms with E-state index in [4.69, 9.17) is 16.3 Å². The van der Waals surface area contributed by atoms with E-state index in [-0.39, 0.29) is 0 Å². The molecule has 1 aliphatic rings. The first-order valence-corrected chi connectivity index (χ1v) is 6.38. The molecule has 0 aliphatic carbocycles. The number of hydrogen-bond acceptors (Lipinski definition) is 3. The van der Waals surface area contributed by atoms with Crippen LogP contribution in [0.1, 0.15) is 18.5 Å². The third-order valence-electron chi connectivity index (χ3n) is 3.34. The Morgan fingerprint density at radius 1 is 1.35 bits per heavy atom. The van der Waals surface area contributed by atoms with Crippen LogP contribution in [0.5, 0.6) is 5.75 Å². The number of hydrogen-bond donors (Lipinski definition) is 1. The largest absolute Gasteiger partial charge is 0.496 e. The van der Waals surface area contributed by atoms with Gasteiger partial charge >= 0.3 is 0 Å². The lowest BCUT2D eigenvalue weighted by Crippen LogP contribution is -2.44. The Balaban J connectivity index is 2.21. The lowest BCUT2D eigenvalue weighted by Gasteiger charge is -2.33. The van der Waals surface area contributed by atoms with Crippen molar-refractivity contribution in [2.24, 2.45) is 0 Å². The third-order valence-corrected chi connectivity index (χ3v) is 3.58. The van der Waals surface area contributed by atoms with Gasteiger partial charge in [0.2, 0.25) is 0 Å². The topological polar surface area (TPSA) is 24.5 Å². The van der Waals surface area contributed by atoms with Crippen LogP contribution in [0.15, 0.2) is 18.2 Å². The van der Waals surface area contributed by atoms with Gasteiger partial charge in [-0.1, -0.05) is 11.6 Å². The van der Waals surface area contributed by atoms with Crippen LogP contribution in [0.4, 0.5) is 0 Å². The van der Waals surface area contributed by atoms with Crippen molar-refractivity contribution in [3.05, 3.63) is 28.8 Å². The summed E-state index contributed by atoms with van der Waals surface area (Å²) in [7, 11) is 1.71. The summed E-state index contributed by atoms with van der Waals surface area (Å²) in [5.41, 5.74) is 1.17. The summed E-state index contributed by atoms with van der Waals surface area (Å²) < 4.78 is 5.41. The van der Waals surface area contributed by atoms with Gasteiger partial charge in [-0.25, -0.2) is 0 Å². The fourth-order valence-electron chi connectivity index (χ4n) is 2.30. The highest BCUT2D eigenvalue weighted by molar-refractivity contribution is 6.30. The highest BCUT2D eigenvalue weighted by Gasteiger charge is 2.20. The molecule has 1 saturated heterocycles. The van der Waals surface area contributed by atoms with Gasteiger partial charge in [-0.15, -0.1) is 0 Å². The molecule has 94 valence electrons. The lowest BCUT2D eigenvalue weighted by molar-refractivity contribution is 0.182. The summed E-state index contributed by atoms with van der Waals surface area (Å²) in [4.78, 5) is 2.45. The third kappa shape index (κ3) is 2.92. The van der Waals surface area contributed by atoms with Crippen LogP contribution in [-0.4, -0.2) is 38.2 Å². The molecule has 1 heterocycles. The SMILES string of the molecule is COc1ccc(Cl)cc1[C@@H](C)N1CCNCC1. The van der Waals surface area contributed by atoms with Gasteiger partial charge in [0.15, 0.2) is 0 Å². The van der Waals surface area contributed by atoms with Crippen molar-refractivity contribution < 1.29 is 4.74 Å². The number of ether oxygens (including phenoxy) is 1. The van der Waals surface area contributed by atoms with Gasteiger partial charge in [-0.3, -0.25) is 4.90 Å². The molecule has 1 aliphatic heterocycles. The highest BCUT2D eigenvalue weighted by Crippen LogP contribution is 2.31. The second-order valence-corrected chi connectivity index (χ2v) is 4.78. The van der Waals surface area contributed by atoms with Crippen molar-refractivity contribution in [1.29, 1.82) is 0 Å². The van der Waals surface area contributed by atoms with Crippen molar-refractivity contribution in [3.8, 4) is 5.75 Å². The van der Waals surface area contributed by atoms with Crippen molar-refractivity contribution in [1.82, 2.24) is 10.2 Å². The summed E-state index contributed by atoms with van der Waals surface area (Å²) in [6.07, 6.45) is 0. The van der Waals surface area contributed by atoms with Gasteiger partial charge in [0.05, 0.1) is 7.11 Å². The van der Waals surface area contributed by atoms with Crippen molar-refractivity contribution >= 4 is 11.6 Å². The molecule has 0 amide bonds. The average Bonchev–Trinajstić information content (AvgIpc) is 2.39. The predicted octanol–water partition coefficient (Wildman–Crippen LogP) is 2.31. The van der Waals surface area contributed by atoms with Crippen LogP contribution in [0.25, 0.3) is 0 Å². The molecule has 1 fully saturated rings. The van der Waals surface area contributed by atoms with Crippen LogP contribution in [0.3, 0.4) is 0 Å². The summed E-state index contributed by atoms with van der Waals surface area (Å²) in [6, 6.07) is 6.16. The first-order valence-electron chi connectivity index (χ1n) is 6.00. The number of rotatable bonds is 3. The molecule has 1 atom stereocenters. The summed E-state index contributed by atoms with van der Waals surface area (Å²) in [5.74, 6) is 0.917. The molecule has 0 spiro atoms. The predicted molar refractivity (Wildman–Crippen MR) is 70.9 cm³/mol. The molecule has 2 rings (SSSR count). The van der Waals surface area contributed by atoms with E-state index in [0.29, 0.717) is 6.04 Å². The molecule has 0 saturated carbocycles. The van der Waals surface area contributed by atoms with E-state index in [1.54, 1.807) is 7.11 Å². The van der Waals surface area contributed by atoms with Gasteiger partial charge in [-0.2, -0.15) is 0 Å². The molecule has 0 bridgehead atoms. The Morgan fingerprint density at radius 3 is 2.71 bits per heavy atom. The number of piperazine rings is 1. The number of nitrogens with one attached hydrogen (secondary N) is 1. The fourth-order valence-corrected chi connectivity index (χ4v) is 2.48. The zero-order valence-corrected chi connectivity index (χ0v) is 11.1. The Morgan fingerprint density at radius 2 is 2.06 bits per heavy atom. The number of benzene rings is 1. The van der Waals surface area contributed by atoms with Crippen LogP contribution in [0.2, 0.25) is 5.02 Å². The number of nitrogens with zero attached hydrogens (tertiary/aromatic N) is 1. The lowest BCUT2D eigenvalue weighted by atomic mass is 10.0. The zero-order chi connectivity index (χ0) is 12.3. The standard InChI is InChI=1S/C13H19ClN2O/c1-10(16-7-5-15-6-8-16)12-9-11(14)3-4-13(12)17-2/h3-4,9-10,15H,5-8H2,1-2H3/t10-/m1/s1. The quantitative estimate of drug-likeness (QED) is 0.896. The van der Waals surface area contributed by atoms with Gasteiger partial charge in [0, 0.05) is 42.8 Å². The molecule has 17 heavy (non-hydrogen) atoms. The van der Waals surface area contributed by atoms with Crippen molar-refractivity contribution in [2.45, 2.75) is 13.0 Å². The average molecular weight is 255 g/mol. The van der Waals surface area contributed by atoms with E-state index >= 15 is 0 Å². The van der Waals surface area contributed by atoms with Gasteiger partial charge < -0.3 is 10.1 Å². The molecule has 4 heteroatoms. The zero-order valence-electron chi connectivity index (χ0n) is 10.4.